The zero-order valence-corrected chi connectivity index (χ0v) is 6.70. The quantitative estimate of drug-likeness (QED) is 0.656. The van der Waals surface area contributed by atoms with Crippen LogP contribution in [-0.2, 0) is 5.41 Å². The number of rotatable bonds is 2. The van der Waals surface area contributed by atoms with Crippen molar-refractivity contribution >= 4 is 6.20 Å². The van der Waals surface area contributed by atoms with Gasteiger partial charge in [-0.1, -0.05) is 6.58 Å². The molecule has 0 unspecified atom stereocenters. The van der Waals surface area contributed by atoms with Crippen LogP contribution in [0, 0.1) is 11.3 Å². The Balaban J connectivity index is 2.36. The molecule has 3 nitrogen and oxygen atoms in total. The molecule has 1 aromatic rings. The number of nitriles is 1. The van der Waals surface area contributed by atoms with Gasteiger partial charge in [0.15, 0.2) is 0 Å². The molecule has 0 aliphatic heterocycles. The minimum absolute atomic E-state index is 0.221. The number of hydrogen-bond donors (Lipinski definition) is 0. The molecule has 1 aromatic heterocycles. The molecule has 0 saturated heterocycles. The highest BCUT2D eigenvalue weighted by Crippen LogP contribution is 2.47. The Labute approximate surface area is 70.9 Å². The lowest BCUT2D eigenvalue weighted by Gasteiger charge is -1.97. The lowest BCUT2D eigenvalue weighted by atomic mass is 10.0. The fraction of sp³-hybridized carbons (Fsp3) is 0.333. The van der Waals surface area contributed by atoms with Crippen LogP contribution in [-0.4, -0.2) is 9.78 Å². The van der Waals surface area contributed by atoms with Gasteiger partial charge in [-0.3, -0.25) is 0 Å². The molecule has 3 heteroatoms. The number of hydrogen-bond acceptors (Lipinski definition) is 2. The van der Waals surface area contributed by atoms with Crippen molar-refractivity contribution in [2.24, 2.45) is 0 Å². The van der Waals surface area contributed by atoms with Crippen LogP contribution in [0.1, 0.15) is 18.4 Å². The molecular formula is C9H9N3. The SMILES string of the molecule is C=Cn1cc(C2(C#N)CC2)cn1. The Hall–Kier alpha value is -1.56. The van der Waals surface area contributed by atoms with Crippen molar-refractivity contribution in [2.45, 2.75) is 18.3 Å². The molecule has 1 aliphatic rings. The van der Waals surface area contributed by atoms with Crippen molar-refractivity contribution < 1.29 is 0 Å². The molecule has 1 aliphatic carbocycles. The van der Waals surface area contributed by atoms with Crippen LogP contribution in [0.2, 0.25) is 0 Å². The van der Waals surface area contributed by atoms with E-state index in [2.05, 4.69) is 17.7 Å². The van der Waals surface area contributed by atoms with E-state index >= 15 is 0 Å². The second-order valence-electron chi connectivity index (χ2n) is 3.09. The summed E-state index contributed by atoms with van der Waals surface area (Å²) < 4.78 is 1.63. The second kappa shape index (κ2) is 2.21. The smallest absolute Gasteiger partial charge is 0.0854 e. The predicted molar refractivity (Wildman–Crippen MR) is 45.1 cm³/mol. The highest BCUT2D eigenvalue weighted by Gasteiger charge is 2.45. The molecule has 0 N–H and O–H groups in total. The summed E-state index contributed by atoms with van der Waals surface area (Å²) in [6, 6.07) is 2.32. The maximum atomic E-state index is 8.88. The van der Waals surface area contributed by atoms with Crippen molar-refractivity contribution in [1.82, 2.24) is 9.78 Å². The average Bonchev–Trinajstić information content (AvgIpc) is 2.77. The topological polar surface area (TPSA) is 41.6 Å². The second-order valence-corrected chi connectivity index (χ2v) is 3.09. The van der Waals surface area contributed by atoms with Crippen molar-refractivity contribution in [1.29, 1.82) is 5.26 Å². The standard InChI is InChI=1S/C9H9N3/c1-2-12-6-8(5-11-12)9(7-10)3-4-9/h2,5-6H,1,3-4H2. The largest absolute Gasteiger partial charge is 0.249 e. The van der Waals surface area contributed by atoms with Gasteiger partial charge in [-0.2, -0.15) is 10.4 Å². The summed E-state index contributed by atoms with van der Waals surface area (Å²) in [5.41, 5.74) is 0.797. The number of aromatic nitrogens is 2. The van der Waals surface area contributed by atoms with Gasteiger partial charge in [-0.15, -0.1) is 0 Å². The molecule has 1 heterocycles. The van der Waals surface area contributed by atoms with E-state index < -0.39 is 0 Å². The van der Waals surface area contributed by atoms with E-state index in [4.69, 9.17) is 5.26 Å². The summed E-state index contributed by atoms with van der Waals surface area (Å²) in [5, 5.41) is 12.9. The Bertz CT molecular complexity index is 352. The molecule has 0 bridgehead atoms. The van der Waals surface area contributed by atoms with Crippen LogP contribution < -0.4 is 0 Å². The van der Waals surface area contributed by atoms with E-state index in [9.17, 15) is 0 Å². The van der Waals surface area contributed by atoms with Gasteiger partial charge < -0.3 is 0 Å². The monoisotopic (exact) mass is 159 g/mol. The van der Waals surface area contributed by atoms with E-state index in [0.717, 1.165) is 18.4 Å². The van der Waals surface area contributed by atoms with Gasteiger partial charge in [0.25, 0.3) is 0 Å². The molecule has 0 amide bonds. The molecule has 0 aromatic carbocycles. The first-order chi connectivity index (χ1) is 5.80. The zero-order chi connectivity index (χ0) is 8.60. The molecule has 0 spiro atoms. The third-order valence-electron chi connectivity index (χ3n) is 2.31. The average molecular weight is 159 g/mol. The van der Waals surface area contributed by atoms with E-state index in [1.807, 2.05) is 6.20 Å². The lowest BCUT2D eigenvalue weighted by Crippen LogP contribution is -1.99. The van der Waals surface area contributed by atoms with Crippen LogP contribution in [0.5, 0.6) is 0 Å². The molecule has 1 saturated carbocycles. The lowest BCUT2D eigenvalue weighted by molar-refractivity contribution is 0.904. The van der Waals surface area contributed by atoms with Crippen LogP contribution in [0.4, 0.5) is 0 Å². The summed E-state index contributed by atoms with van der Waals surface area (Å²) in [6.45, 7) is 3.59. The summed E-state index contributed by atoms with van der Waals surface area (Å²) in [5.74, 6) is 0. The van der Waals surface area contributed by atoms with Gasteiger partial charge in [-0.25, -0.2) is 4.68 Å². The Kier molecular flexibility index (Phi) is 1.31. The molecule has 0 atom stereocenters. The van der Waals surface area contributed by atoms with Gasteiger partial charge in [0, 0.05) is 18.0 Å². The molecule has 12 heavy (non-hydrogen) atoms. The van der Waals surface area contributed by atoms with E-state index in [1.165, 1.54) is 0 Å². The molecular weight excluding hydrogens is 150 g/mol. The van der Waals surface area contributed by atoms with Crippen LogP contribution in [0.3, 0.4) is 0 Å². The third kappa shape index (κ3) is 0.850. The first-order valence-electron chi connectivity index (χ1n) is 3.89. The van der Waals surface area contributed by atoms with Crippen LogP contribution in [0.25, 0.3) is 6.20 Å². The van der Waals surface area contributed by atoms with Crippen molar-refractivity contribution in [2.75, 3.05) is 0 Å². The first-order valence-corrected chi connectivity index (χ1v) is 3.89. The van der Waals surface area contributed by atoms with Gasteiger partial charge in [0.1, 0.15) is 0 Å². The maximum absolute atomic E-state index is 8.88. The summed E-state index contributed by atoms with van der Waals surface area (Å²) in [6.07, 6.45) is 7.16. The Morgan fingerprint density at radius 2 is 2.50 bits per heavy atom. The van der Waals surface area contributed by atoms with Crippen molar-refractivity contribution in [3.8, 4) is 6.07 Å². The molecule has 2 rings (SSSR count). The van der Waals surface area contributed by atoms with Crippen LogP contribution >= 0.6 is 0 Å². The van der Waals surface area contributed by atoms with E-state index in [-0.39, 0.29) is 5.41 Å². The van der Waals surface area contributed by atoms with Crippen LogP contribution in [0.15, 0.2) is 19.0 Å². The van der Waals surface area contributed by atoms with Crippen molar-refractivity contribution in [3.63, 3.8) is 0 Å². The minimum atomic E-state index is -0.221. The van der Waals surface area contributed by atoms with E-state index in [1.54, 1.807) is 17.1 Å². The summed E-state index contributed by atoms with van der Waals surface area (Å²) in [7, 11) is 0. The molecule has 0 radical (unpaired) electrons. The fourth-order valence-electron chi connectivity index (χ4n) is 1.28. The zero-order valence-electron chi connectivity index (χ0n) is 6.70. The predicted octanol–water partition coefficient (Wildman–Crippen LogP) is 1.54. The number of nitrogens with zero attached hydrogens (tertiary/aromatic N) is 3. The normalized spacial score (nSPS) is 18.2. The molecule has 60 valence electrons. The first kappa shape index (κ1) is 7.11. The highest BCUT2D eigenvalue weighted by atomic mass is 15.2. The van der Waals surface area contributed by atoms with Gasteiger partial charge in [-0.05, 0) is 12.8 Å². The van der Waals surface area contributed by atoms with Gasteiger partial charge in [0.2, 0.25) is 0 Å². The Morgan fingerprint density at radius 1 is 1.75 bits per heavy atom. The minimum Gasteiger partial charge on any atom is -0.249 e. The third-order valence-corrected chi connectivity index (χ3v) is 2.31. The fourth-order valence-corrected chi connectivity index (χ4v) is 1.28. The Morgan fingerprint density at radius 3 is 2.92 bits per heavy atom. The van der Waals surface area contributed by atoms with Gasteiger partial charge in [0.05, 0.1) is 17.7 Å². The molecule has 1 fully saturated rings. The van der Waals surface area contributed by atoms with Crippen molar-refractivity contribution in [3.05, 3.63) is 24.5 Å². The van der Waals surface area contributed by atoms with Gasteiger partial charge >= 0.3 is 0 Å². The summed E-state index contributed by atoms with van der Waals surface area (Å²) in [4.78, 5) is 0. The van der Waals surface area contributed by atoms with E-state index in [0.29, 0.717) is 0 Å². The highest BCUT2D eigenvalue weighted by molar-refractivity contribution is 5.37. The maximum Gasteiger partial charge on any atom is 0.0854 e. The summed E-state index contributed by atoms with van der Waals surface area (Å²) >= 11 is 0.